The Balaban J connectivity index is 2.91. The fraction of sp³-hybridized carbons (Fsp3) is 0. The Morgan fingerprint density at radius 1 is 1.36 bits per heavy atom. The lowest BCUT2D eigenvalue weighted by molar-refractivity contribution is 1.26. The molecule has 0 aliphatic heterocycles. The van der Waals surface area contributed by atoms with Gasteiger partial charge in [0.2, 0.25) is 5.95 Å². The quantitative estimate of drug-likeness (QED) is 0.601. The van der Waals surface area contributed by atoms with E-state index in [-0.39, 0.29) is 5.95 Å². The van der Waals surface area contributed by atoms with Crippen LogP contribution in [0.15, 0.2) is 5.38 Å². The summed E-state index contributed by atoms with van der Waals surface area (Å²) in [6.07, 6.45) is 0. The number of nitrogens with two attached hydrogens (primary N) is 2. The summed E-state index contributed by atoms with van der Waals surface area (Å²) in [5, 5.41) is 2.54. The Morgan fingerprint density at radius 2 is 2.18 bits per heavy atom. The Hall–Kier alpha value is -1.36. The summed E-state index contributed by atoms with van der Waals surface area (Å²) in [7, 11) is 0. The van der Waals surface area contributed by atoms with E-state index < -0.39 is 0 Å². The monoisotopic (exact) mass is 165 g/mol. The van der Waals surface area contributed by atoms with Crippen molar-refractivity contribution in [2.75, 3.05) is 11.5 Å². The number of thiophene rings is 1. The van der Waals surface area contributed by atoms with Gasteiger partial charge in [-0.2, -0.15) is 4.98 Å². The molecule has 2 heterocycles. The van der Waals surface area contributed by atoms with Crippen molar-refractivity contribution in [3.63, 3.8) is 0 Å². The van der Waals surface area contributed by atoms with Gasteiger partial charge in [0, 0.05) is 11.4 Å². The molecule has 0 aromatic carbocycles. The Kier molecular flexibility index (Phi) is 1.19. The van der Waals surface area contributed by atoms with E-state index in [0.717, 1.165) is 10.2 Å². The summed E-state index contributed by atoms with van der Waals surface area (Å²) in [5.41, 5.74) is 10.9. The number of rotatable bonds is 0. The fourth-order valence-electron chi connectivity index (χ4n) is 0.839. The highest BCUT2D eigenvalue weighted by Crippen LogP contribution is 2.22. The summed E-state index contributed by atoms with van der Waals surface area (Å²) in [6.45, 7) is 0. The number of nitrogens with zero attached hydrogens (tertiary/aromatic N) is 2. The van der Waals surface area contributed by atoms with Crippen LogP contribution < -0.4 is 11.5 Å². The molecule has 0 aliphatic carbocycles. The highest BCUT2D eigenvalue weighted by molar-refractivity contribution is 7.16. The molecule has 0 bridgehead atoms. The molecular formula is C6H5N4S. The van der Waals surface area contributed by atoms with Crippen molar-refractivity contribution in [1.29, 1.82) is 0 Å². The lowest BCUT2D eigenvalue weighted by Gasteiger charge is -1.94. The third kappa shape index (κ3) is 0.894. The first-order valence-electron chi connectivity index (χ1n) is 2.95. The highest BCUT2D eigenvalue weighted by Gasteiger charge is 2.02. The molecule has 4 N–H and O–H groups in total. The number of hydrogen-bond donors (Lipinski definition) is 2. The van der Waals surface area contributed by atoms with Gasteiger partial charge in [0.15, 0.2) is 0 Å². The van der Waals surface area contributed by atoms with Crippen LogP contribution in [-0.2, 0) is 0 Å². The van der Waals surface area contributed by atoms with Crippen LogP contribution in [0.25, 0.3) is 10.2 Å². The SMILES string of the molecule is Nc1nc(N)c2[c]csc2n1. The van der Waals surface area contributed by atoms with Gasteiger partial charge in [-0.3, -0.25) is 0 Å². The standard InChI is InChI=1S/C6H5N4S/c7-4-3-1-2-11-5(3)10-6(8)9-4/h2H,(H4,7,8,9,10). The summed E-state index contributed by atoms with van der Waals surface area (Å²) in [5.74, 6) is 0.611. The van der Waals surface area contributed by atoms with Crippen LogP contribution in [0.4, 0.5) is 11.8 Å². The van der Waals surface area contributed by atoms with Gasteiger partial charge in [-0.05, 0) is 0 Å². The van der Waals surface area contributed by atoms with Crippen molar-refractivity contribution < 1.29 is 0 Å². The number of anilines is 2. The van der Waals surface area contributed by atoms with Crippen molar-refractivity contribution in [2.24, 2.45) is 0 Å². The molecule has 5 heteroatoms. The minimum atomic E-state index is 0.214. The summed E-state index contributed by atoms with van der Waals surface area (Å²) < 4.78 is 0. The minimum Gasteiger partial charge on any atom is -0.383 e. The molecule has 0 amide bonds. The fourth-order valence-corrected chi connectivity index (χ4v) is 1.55. The molecule has 1 radical (unpaired) electrons. The maximum atomic E-state index is 5.55. The predicted molar refractivity (Wildman–Crippen MR) is 45.1 cm³/mol. The molecule has 0 saturated carbocycles. The van der Waals surface area contributed by atoms with Crippen LogP contribution in [0.3, 0.4) is 0 Å². The van der Waals surface area contributed by atoms with E-state index in [4.69, 9.17) is 11.5 Å². The zero-order chi connectivity index (χ0) is 7.84. The molecule has 0 unspecified atom stereocenters. The maximum Gasteiger partial charge on any atom is 0.223 e. The molecule has 2 aromatic rings. The first-order chi connectivity index (χ1) is 5.27. The Labute approximate surface area is 66.9 Å². The molecule has 2 aromatic heterocycles. The predicted octanol–water partition coefficient (Wildman–Crippen LogP) is 0.656. The summed E-state index contributed by atoms with van der Waals surface area (Å²) in [4.78, 5) is 8.55. The maximum absolute atomic E-state index is 5.55. The lowest BCUT2D eigenvalue weighted by atomic mass is 10.4. The van der Waals surface area contributed by atoms with Gasteiger partial charge < -0.3 is 11.5 Å². The van der Waals surface area contributed by atoms with Gasteiger partial charge >= 0.3 is 0 Å². The van der Waals surface area contributed by atoms with Gasteiger partial charge in [0.25, 0.3) is 0 Å². The third-order valence-corrected chi connectivity index (χ3v) is 2.05. The van der Waals surface area contributed by atoms with Crippen LogP contribution in [0.1, 0.15) is 0 Å². The number of nitrogen functional groups attached to an aromatic ring is 2. The number of aromatic nitrogens is 2. The molecule has 0 aliphatic rings. The lowest BCUT2D eigenvalue weighted by Crippen LogP contribution is -1.98. The van der Waals surface area contributed by atoms with Crippen molar-refractivity contribution >= 4 is 33.3 Å². The van der Waals surface area contributed by atoms with E-state index in [2.05, 4.69) is 16.0 Å². The second-order valence-corrected chi connectivity index (χ2v) is 2.89. The van der Waals surface area contributed by atoms with E-state index in [0.29, 0.717) is 5.82 Å². The van der Waals surface area contributed by atoms with Crippen molar-refractivity contribution in [3.8, 4) is 0 Å². The average molecular weight is 165 g/mol. The van der Waals surface area contributed by atoms with Crippen LogP contribution in [0.5, 0.6) is 0 Å². The van der Waals surface area contributed by atoms with E-state index >= 15 is 0 Å². The third-order valence-electron chi connectivity index (χ3n) is 1.29. The smallest absolute Gasteiger partial charge is 0.223 e. The molecule has 0 saturated heterocycles. The largest absolute Gasteiger partial charge is 0.383 e. The Morgan fingerprint density at radius 3 is 3.00 bits per heavy atom. The van der Waals surface area contributed by atoms with Gasteiger partial charge in [0.1, 0.15) is 10.6 Å². The number of fused-ring (bicyclic) bond motifs is 1. The number of hydrogen-bond acceptors (Lipinski definition) is 5. The molecule has 0 atom stereocenters. The second-order valence-electron chi connectivity index (χ2n) is 2.03. The van der Waals surface area contributed by atoms with Crippen LogP contribution in [-0.4, -0.2) is 9.97 Å². The molecule has 0 spiro atoms. The topological polar surface area (TPSA) is 77.8 Å². The zero-order valence-corrected chi connectivity index (χ0v) is 6.35. The first kappa shape index (κ1) is 6.36. The van der Waals surface area contributed by atoms with Crippen molar-refractivity contribution in [1.82, 2.24) is 9.97 Å². The molecule has 55 valence electrons. The van der Waals surface area contributed by atoms with Gasteiger partial charge in [-0.15, -0.1) is 11.3 Å². The van der Waals surface area contributed by atoms with Gasteiger partial charge in [-0.25, -0.2) is 4.98 Å². The van der Waals surface area contributed by atoms with Gasteiger partial charge in [-0.1, -0.05) is 0 Å². The van der Waals surface area contributed by atoms with E-state index in [9.17, 15) is 0 Å². The van der Waals surface area contributed by atoms with E-state index in [1.807, 2.05) is 0 Å². The van der Waals surface area contributed by atoms with Crippen LogP contribution >= 0.6 is 11.3 Å². The van der Waals surface area contributed by atoms with E-state index in [1.165, 1.54) is 11.3 Å². The molecule has 2 rings (SSSR count). The summed E-state index contributed by atoms with van der Waals surface area (Å²) in [6, 6.07) is 2.93. The molecule has 11 heavy (non-hydrogen) atoms. The summed E-state index contributed by atoms with van der Waals surface area (Å²) >= 11 is 1.45. The van der Waals surface area contributed by atoms with Crippen LogP contribution in [0.2, 0.25) is 0 Å². The molecule has 4 nitrogen and oxygen atoms in total. The van der Waals surface area contributed by atoms with Crippen LogP contribution in [0, 0.1) is 6.07 Å². The highest BCUT2D eigenvalue weighted by atomic mass is 32.1. The zero-order valence-electron chi connectivity index (χ0n) is 5.53. The van der Waals surface area contributed by atoms with Crippen molar-refractivity contribution in [3.05, 3.63) is 11.4 Å². The molecular weight excluding hydrogens is 160 g/mol. The first-order valence-corrected chi connectivity index (χ1v) is 3.83. The average Bonchev–Trinajstić information content (AvgIpc) is 2.34. The minimum absolute atomic E-state index is 0.214. The van der Waals surface area contributed by atoms with Gasteiger partial charge in [0.05, 0.1) is 5.39 Å². The normalized spacial score (nSPS) is 10.5. The van der Waals surface area contributed by atoms with Crippen molar-refractivity contribution in [2.45, 2.75) is 0 Å². The second kappa shape index (κ2) is 2.06. The van der Waals surface area contributed by atoms with E-state index in [1.54, 1.807) is 5.38 Å². The molecule has 0 fully saturated rings. The Bertz CT molecular complexity index is 394.